The van der Waals surface area contributed by atoms with Gasteiger partial charge in [0, 0.05) is 44.8 Å². The highest BCUT2D eigenvalue weighted by Gasteiger charge is 2.43. The van der Waals surface area contributed by atoms with Gasteiger partial charge in [-0.15, -0.1) is 0 Å². The monoisotopic (exact) mass is 511 g/mol. The number of anilines is 1. The van der Waals surface area contributed by atoms with Gasteiger partial charge in [-0.1, -0.05) is 23.8 Å². The molecule has 0 saturated carbocycles. The molecule has 4 rings (SSSR count). The van der Waals surface area contributed by atoms with E-state index < -0.39 is 0 Å². The molecule has 2 aliphatic heterocycles. The zero-order chi connectivity index (χ0) is 19.9. The molecule has 1 amide bonds. The van der Waals surface area contributed by atoms with Crippen LogP contribution in [0.3, 0.4) is 0 Å². The highest BCUT2D eigenvalue weighted by Crippen LogP contribution is 2.49. The summed E-state index contributed by atoms with van der Waals surface area (Å²) >= 11 is 8.97. The minimum atomic E-state index is 0.0352. The van der Waals surface area contributed by atoms with Crippen LogP contribution in [0.25, 0.3) is 0 Å². The maximum Gasteiger partial charge on any atom is 0.252 e. The lowest BCUT2D eigenvalue weighted by Gasteiger charge is -2.41. The van der Waals surface area contributed by atoms with E-state index in [4.69, 9.17) is 11.6 Å². The molecule has 0 radical (unpaired) electrons. The van der Waals surface area contributed by atoms with Crippen LogP contribution in [0.1, 0.15) is 51.0 Å². The first-order chi connectivity index (χ1) is 13.4. The number of rotatable bonds is 3. The summed E-state index contributed by atoms with van der Waals surface area (Å²) in [5, 5.41) is 7.51. The van der Waals surface area contributed by atoms with Crippen LogP contribution < -0.4 is 10.6 Å². The second-order valence-electron chi connectivity index (χ2n) is 8.27. The van der Waals surface area contributed by atoms with Crippen molar-refractivity contribution in [2.45, 2.75) is 50.9 Å². The third kappa shape index (κ3) is 3.56. The number of nitrogens with zero attached hydrogens (tertiary/aromatic N) is 1. The van der Waals surface area contributed by atoms with Gasteiger partial charge in [0.2, 0.25) is 0 Å². The molecule has 0 aromatic heterocycles. The fourth-order valence-electron chi connectivity index (χ4n) is 4.87. The number of carbonyl (C=O) groups excluding carboxylic acids is 1. The molecule has 1 spiro atoms. The first-order valence-electron chi connectivity index (χ1n) is 10.1. The zero-order valence-corrected chi connectivity index (χ0v) is 19.3. The van der Waals surface area contributed by atoms with Crippen LogP contribution in [0.2, 0.25) is 5.02 Å². The first kappa shape index (κ1) is 20.1. The zero-order valence-electron chi connectivity index (χ0n) is 16.3. The fourth-order valence-corrected chi connectivity index (χ4v) is 5.87. The Morgan fingerprint density at radius 3 is 2.71 bits per heavy atom. The van der Waals surface area contributed by atoms with Crippen LogP contribution in [0.15, 0.2) is 35.7 Å². The van der Waals surface area contributed by atoms with Gasteiger partial charge in [-0.3, -0.25) is 4.79 Å². The predicted molar refractivity (Wildman–Crippen MR) is 124 cm³/mol. The topological polar surface area (TPSA) is 44.4 Å². The Bertz CT molecular complexity index is 856. The van der Waals surface area contributed by atoms with Gasteiger partial charge in [-0.05, 0) is 80.2 Å². The number of likely N-dealkylation sites (tertiary alicyclic amines) is 1. The second kappa shape index (κ2) is 7.90. The maximum absolute atomic E-state index is 12.7. The lowest BCUT2D eigenvalue weighted by atomic mass is 9.74. The van der Waals surface area contributed by atoms with Crippen molar-refractivity contribution in [3.8, 4) is 0 Å². The molecular formula is C22H27ClIN3O. The van der Waals surface area contributed by atoms with Gasteiger partial charge in [0.1, 0.15) is 5.82 Å². The van der Waals surface area contributed by atoms with Gasteiger partial charge in [0.15, 0.2) is 0 Å². The molecule has 0 unspecified atom stereocenters. The molecule has 1 saturated heterocycles. The largest absolute Gasteiger partial charge is 0.383 e. The van der Waals surface area contributed by atoms with E-state index in [2.05, 4.69) is 57.7 Å². The Hall–Kier alpha value is -1.21. The van der Waals surface area contributed by atoms with Crippen LogP contribution in [-0.4, -0.2) is 30.4 Å². The van der Waals surface area contributed by atoms with E-state index in [-0.39, 0.29) is 11.3 Å². The molecule has 28 heavy (non-hydrogen) atoms. The van der Waals surface area contributed by atoms with Crippen molar-refractivity contribution in [1.82, 2.24) is 10.2 Å². The van der Waals surface area contributed by atoms with Gasteiger partial charge in [0.25, 0.3) is 5.91 Å². The number of piperidine rings is 1. The van der Waals surface area contributed by atoms with E-state index in [1.54, 1.807) is 0 Å². The van der Waals surface area contributed by atoms with Crippen LogP contribution in [0.5, 0.6) is 0 Å². The predicted octanol–water partition coefficient (Wildman–Crippen LogP) is 5.18. The number of benzene rings is 1. The number of hydrogen-bond acceptors (Lipinski definition) is 3. The smallest absolute Gasteiger partial charge is 0.252 e. The van der Waals surface area contributed by atoms with Crippen molar-refractivity contribution in [2.24, 2.45) is 0 Å². The molecule has 6 heteroatoms. The average Bonchev–Trinajstić information content (AvgIpc) is 3.05. The molecule has 0 atom stereocenters. The quantitative estimate of drug-likeness (QED) is 0.550. The molecule has 2 heterocycles. The maximum atomic E-state index is 12.7. The van der Waals surface area contributed by atoms with Crippen molar-refractivity contribution in [2.75, 3.05) is 25.0 Å². The van der Waals surface area contributed by atoms with Crippen LogP contribution in [-0.2, 0) is 10.2 Å². The van der Waals surface area contributed by atoms with Crippen LogP contribution >= 0.6 is 34.2 Å². The number of carbonyl (C=O) groups is 1. The number of amides is 1. The van der Waals surface area contributed by atoms with Crippen molar-refractivity contribution in [3.63, 3.8) is 0 Å². The highest BCUT2D eigenvalue weighted by molar-refractivity contribution is 14.1. The van der Waals surface area contributed by atoms with Gasteiger partial charge < -0.3 is 15.5 Å². The lowest BCUT2D eigenvalue weighted by Crippen LogP contribution is -2.46. The summed E-state index contributed by atoms with van der Waals surface area (Å²) in [4.78, 5) is 14.9. The molecule has 1 aromatic rings. The number of hydrogen-bond donors (Lipinski definition) is 2. The average molecular weight is 512 g/mol. The molecule has 0 bridgehead atoms. The van der Waals surface area contributed by atoms with E-state index in [0.717, 1.165) is 68.2 Å². The molecule has 3 aliphatic rings. The summed E-state index contributed by atoms with van der Waals surface area (Å²) in [6.45, 7) is 8.92. The van der Waals surface area contributed by atoms with Crippen molar-refractivity contribution in [1.29, 1.82) is 0 Å². The Balaban J connectivity index is 1.42. The summed E-state index contributed by atoms with van der Waals surface area (Å²) in [5.41, 5.74) is 4.74. The van der Waals surface area contributed by atoms with Gasteiger partial charge in [-0.2, -0.15) is 0 Å². The van der Waals surface area contributed by atoms with E-state index in [9.17, 15) is 4.79 Å². The first-order valence-corrected chi connectivity index (χ1v) is 11.5. The Morgan fingerprint density at radius 1 is 1.29 bits per heavy atom. The molecule has 2 N–H and O–H groups in total. The van der Waals surface area contributed by atoms with Gasteiger partial charge >= 0.3 is 0 Å². The fraction of sp³-hybridized carbons (Fsp3) is 0.500. The van der Waals surface area contributed by atoms with Crippen LogP contribution in [0, 0.1) is 3.57 Å². The lowest BCUT2D eigenvalue weighted by molar-refractivity contribution is -0.117. The normalized spacial score (nSPS) is 20.8. The summed E-state index contributed by atoms with van der Waals surface area (Å²) in [6.07, 6.45) is 6.22. The number of halogens is 2. The molecule has 1 fully saturated rings. The van der Waals surface area contributed by atoms with Gasteiger partial charge in [0.05, 0.1) is 5.69 Å². The third-order valence-electron chi connectivity index (χ3n) is 6.62. The molecule has 1 aliphatic carbocycles. The van der Waals surface area contributed by atoms with E-state index in [0.29, 0.717) is 0 Å². The second-order valence-corrected chi connectivity index (χ2v) is 9.84. The van der Waals surface area contributed by atoms with Crippen molar-refractivity contribution >= 4 is 45.8 Å². The Kier molecular flexibility index (Phi) is 5.67. The SMILES string of the molecule is C=C(NC(=O)C1=C(C)CCCC1)N1CCC2(CC1)CNc1c(I)ccc(Cl)c12. The van der Waals surface area contributed by atoms with Crippen LogP contribution in [0.4, 0.5) is 5.69 Å². The summed E-state index contributed by atoms with van der Waals surface area (Å²) in [7, 11) is 0. The highest BCUT2D eigenvalue weighted by atomic mass is 127. The Morgan fingerprint density at radius 2 is 2.00 bits per heavy atom. The number of allylic oxidation sites excluding steroid dienone is 1. The molecule has 4 nitrogen and oxygen atoms in total. The number of nitrogens with one attached hydrogen (secondary N) is 2. The molecule has 150 valence electrons. The number of fused-ring (bicyclic) bond motifs is 2. The standard InChI is InChI=1S/C22H27ClIN3O/c1-14-5-3-4-6-16(14)21(28)26-15(2)27-11-9-22(10-12-27)13-25-20-18(24)8-7-17(23)19(20)22/h7-8,25H,2-6,9-13H2,1H3,(H,26,28). The summed E-state index contributed by atoms with van der Waals surface area (Å²) in [5.74, 6) is 0.763. The Labute approximate surface area is 185 Å². The summed E-state index contributed by atoms with van der Waals surface area (Å²) < 4.78 is 1.23. The minimum absolute atomic E-state index is 0.0352. The molecular weight excluding hydrogens is 485 g/mol. The van der Waals surface area contributed by atoms with E-state index in [1.807, 2.05) is 6.07 Å². The minimum Gasteiger partial charge on any atom is -0.383 e. The third-order valence-corrected chi connectivity index (χ3v) is 7.83. The summed E-state index contributed by atoms with van der Waals surface area (Å²) in [6, 6.07) is 4.09. The van der Waals surface area contributed by atoms with Gasteiger partial charge in [-0.25, -0.2) is 0 Å². The van der Waals surface area contributed by atoms with E-state index >= 15 is 0 Å². The van der Waals surface area contributed by atoms with E-state index in [1.165, 1.54) is 26.8 Å². The molecule has 1 aromatic carbocycles. The van der Waals surface area contributed by atoms with Crippen molar-refractivity contribution in [3.05, 3.63) is 49.8 Å². The van der Waals surface area contributed by atoms with Crippen molar-refractivity contribution < 1.29 is 4.79 Å².